The summed E-state index contributed by atoms with van der Waals surface area (Å²) in [6.07, 6.45) is 7.01. The van der Waals surface area contributed by atoms with E-state index in [0.29, 0.717) is 5.56 Å². The minimum absolute atomic E-state index is 0.0641. The summed E-state index contributed by atoms with van der Waals surface area (Å²) in [4.78, 5) is 19.0. The Kier molecular flexibility index (Phi) is 5.60. The zero-order valence-electron chi connectivity index (χ0n) is 16.0. The maximum Gasteiger partial charge on any atom is 0.253 e. The molecule has 3 rings (SSSR count). The van der Waals surface area contributed by atoms with Crippen LogP contribution in [0.2, 0.25) is 0 Å². The number of nitrogens with one attached hydrogen (secondary N) is 1. The predicted molar refractivity (Wildman–Crippen MR) is 107 cm³/mol. The maximum atomic E-state index is 12.4. The molecule has 1 N–H and O–H groups in total. The first kappa shape index (κ1) is 18.4. The van der Waals surface area contributed by atoms with Crippen molar-refractivity contribution in [3.63, 3.8) is 0 Å². The smallest absolute Gasteiger partial charge is 0.253 e. The molecule has 1 saturated heterocycles. The van der Waals surface area contributed by atoms with Crippen LogP contribution in [0.4, 0.5) is 5.69 Å². The van der Waals surface area contributed by atoms with E-state index in [1.165, 1.54) is 18.4 Å². The summed E-state index contributed by atoms with van der Waals surface area (Å²) in [6, 6.07) is 12.7. The van der Waals surface area contributed by atoms with Gasteiger partial charge in [0.15, 0.2) is 0 Å². The molecule has 0 radical (unpaired) electrons. The highest BCUT2D eigenvalue weighted by Crippen LogP contribution is 2.26. The van der Waals surface area contributed by atoms with E-state index in [-0.39, 0.29) is 11.4 Å². The van der Waals surface area contributed by atoms with Crippen molar-refractivity contribution in [2.24, 2.45) is 5.92 Å². The Hall–Kier alpha value is -2.36. The van der Waals surface area contributed by atoms with Gasteiger partial charge in [-0.25, -0.2) is 0 Å². The van der Waals surface area contributed by atoms with Gasteiger partial charge in [-0.2, -0.15) is 0 Å². The van der Waals surface area contributed by atoms with Crippen LogP contribution in [0.15, 0.2) is 48.8 Å². The molecular formula is C22H29N3O. The van der Waals surface area contributed by atoms with E-state index in [1.807, 2.05) is 33.0 Å². The lowest BCUT2D eigenvalue weighted by atomic mass is 9.90. The molecule has 2 aromatic rings. The van der Waals surface area contributed by atoms with Crippen molar-refractivity contribution in [3.8, 4) is 0 Å². The molecule has 26 heavy (non-hydrogen) atoms. The number of hydrogen-bond acceptors (Lipinski definition) is 3. The van der Waals surface area contributed by atoms with Crippen molar-refractivity contribution in [1.29, 1.82) is 0 Å². The van der Waals surface area contributed by atoms with Gasteiger partial charge >= 0.3 is 0 Å². The van der Waals surface area contributed by atoms with Crippen LogP contribution in [0.1, 0.15) is 49.5 Å². The third-order valence-electron chi connectivity index (χ3n) is 4.82. The lowest BCUT2D eigenvalue weighted by Gasteiger charge is -2.33. The number of anilines is 1. The van der Waals surface area contributed by atoms with Crippen molar-refractivity contribution >= 4 is 11.6 Å². The molecule has 0 unspecified atom stereocenters. The normalized spacial score (nSPS) is 15.7. The molecule has 1 aromatic carbocycles. The third-order valence-corrected chi connectivity index (χ3v) is 4.82. The number of nitrogens with zero attached hydrogens (tertiary/aromatic N) is 2. The van der Waals surface area contributed by atoms with Gasteiger partial charge in [-0.1, -0.05) is 30.3 Å². The molecule has 0 spiro atoms. The molecule has 138 valence electrons. The van der Waals surface area contributed by atoms with Crippen LogP contribution in [0.5, 0.6) is 0 Å². The van der Waals surface area contributed by atoms with Crippen LogP contribution in [0.25, 0.3) is 0 Å². The minimum Gasteiger partial charge on any atom is -0.370 e. The highest BCUT2D eigenvalue weighted by molar-refractivity contribution is 5.95. The van der Waals surface area contributed by atoms with Gasteiger partial charge in [-0.15, -0.1) is 0 Å². The fourth-order valence-electron chi connectivity index (χ4n) is 3.48. The monoisotopic (exact) mass is 351 g/mol. The van der Waals surface area contributed by atoms with E-state index in [0.717, 1.165) is 31.1 Å². The van der Waals surface area contributed by atoms with Crippen LogP contribution < -0.4 is 10.2 Å². The molecule has 4 heteroatoms. The summed E-state index contributed by atoms with van der Waals surface area (Å²) in [5.74, 6) is 0.666. The molecule has 4 nitrogen and oxygen atoms in total. The second-order valence-electron chi connectivity index (χ2n) is 8.26. The third kappa shape index (κ3) is 5.07. The molecule has 0 aliphatic carbocycles. The number of piperidine rings is 1. The van der Waals surface area contributed by atoms with E-state index in [9.17, 15) is 4.79 Å². The van der Waals surface area contributed by atoms with E-state index < -0.39 is 0 Å². The van der Waals surface area contributed by atoms with E-state index in [4.69, 9.17) is 0 Å². The standard InChI is InChI=1S/C22H29N3O/c1-22(2,3)24-21(26)19-14-20(16-23-15-19)25-11-9-18(10-12-25)13-17-7-5-4-6-8-17/h4-8,14-16,18H,9-13H2,1-3H3,(H,24,26). The van der Waals surface area contributed by atoms with Crippen LogP contribution in [-0.4, -0.2) is 29.5 Å². The number of benzene rings is 1. The minimum atomic E-state index is -0.247. The molecule has 0 saturated carbocycles. The van der Waals surface area contributed by atoms with Crippen LogP contribution in [0.3, 0.4) is 0 Å². The van der Waals surface area contributed by atoms with E-state index in [2.05, 4.69) is 45.5 Å². The number of rotatable bonds is 4. The van der Waals surface area contributed by atoms with Gasteiger partial charge in [0.25, 0.3) is 5.91 Å². The van der Waals surface area contributed by atoms with Gasteiger partial charge in [0.05, 0.1) is 17.4 Å². The summed E-state index contributed by atoms with van der Waals surface area (Å²) in [7, 11) is 0. The second-order valence-corrected chi connectivity index (χ2v) is 8.26. The molecular weight excluding hydrogens is 322 g/mol. The number of pyridine rings is 1. The Morgan fingerprint density at radius 2 is 1.85 bits per heavy atom. The highest BCUT2D eigenvalue weighted by atomic mass is 16.1. The lowest BCUT2D eigenvalue weighted by Crippen LogP contribution is -2.40. The molecule has 2 heterocycles. The fraction of sp³-hybridized carbons (Fsp3) is 0.455. The molecule has 1 aromatic heterocycles. The van der Waals surface area contributed by atoms with Crippen molar-refractivity contribution in [2.75, 3.05) is 18.0 Å². The van der Waals surface area contributed by atoms with Gasteiger partial charge in [-0.3, -0.25) is 9.78 Å². The van der Waals surface area contributed by atoms with Gasteiger partial charge in [0.1, 0.15) is 0 Å². The summed E-state index contributed by atoms with van der Waals surface area (Å²) in [5.41, 5.74) is 2.85. The first-order valence-electron chi connectivity index (χ1n) is 9.47. The summed E-state index contributed by atoms with van der Waals surface area (Å²) in [6.45, 7) is 7.99. The van der Waals surface area contributed by atoms with Gasteiger partial charge in [0.2, 0.25) is 0 Å². The zero-order valence-corrected chi connectivity index (χ0v) is 16.0. The van der Waals surface area contributed by atoms with Crippen molar-refractivity contribution < 1.29 is 4.79 Å². The van der Waals surface area contributed by atoms with Gasteiger partial charge in [-0.05, 0) is 57.6 Å². The van der Waals surface area contributed by atoms with Crippen LogP contribution >= 0.6 is 0 Å². The Morgan fingerprint density at radius 3 is 2.50 bits per heavy atom. The SMILES string of the molecule is CC(C)(C)NC(=O)c1cncc(N2CCC(Cc3ccccc3)CC2)c1. The summed E-state index contributed by atoms with van der Waals surface area (Å²) in [5, 5.41) is 3.00. The predicted octanol–water partition coefficient (Wildman–Crippen LogP) is 4.07. The molecule has 0 bridgehead atoms. The fourth-order valence-corrected chi connectivity index (χ4v) is 3.48. The van der Waals surface area contributed by atoms with Crippen molar-refractivity contribution in [1.82, 2.24) is 10.3 Å². The molecule has 1 fully saturated rings. The number of hydrogen-bond donors (Lipinski definition) is 1. The van der Waals surface area contributed by atoms with Crippen LogP contribution in [0, 0.1) is 5.92 Å². The molecule has 0 atom stereocenters. The first-order chi connectivity index (χ1) is 12.4. The van der Waals surface area contributed by atoms with E-state index in [1.54, 1.807) is 6.20 Å². The summed E-state index contributed by atoms with van der Waals surface area (Å²) < 4.78 is 0. The lowest BCUT2D eigenvalue weighted by molar-refractivity contribution is 0.0919. The topological polar surface area (TPSA) is 45.2 Å². The second kappa shape index (κ2) is 7.90. The van der Waals surface area contributed by atoms with Crippen LogP contribution in [-0.2, 0) is 6.42 Å². The Morgan fingerprint density at radius 1 is 1.15 bits per heavy atom. The average molecular weight is 351 g/mol. The first-order valence-corrected chi connectivity index (χ1v) is 9.47. The van der Waals surface area contributed by atoms with Crippen molar-refractivity contribution in [2.45, 2.75) is 45.6 Å². The number of amides is 1. The molecule has 1 aliphatic rings. The Bertz CT molecular complexity index is 729. The highest BCUT2D eigenvalue weighted by Gasteiger charge is 2.21. The van der Waals surface area contributed by atoms with E-state index >= 15 is 0 Å². The molecule has 1 aliphatic heterocycles. The number of carbonyl (C=O) groups is 1. The zero-order chi connectivity index (χ0) is 18.6. The van der Waals surface area contributed by atoms with Crippen molar-refractivity contribution in [3.05, 3.63) is 59.9 Å². The Balaban J connectivity index is 1.59. The summed E-state index contributed by atoms with van der Waals surface area (Å²) >= 11 is 0. The largest absolute Gasteiger partial charge is 0.370 e. The number of aromatic nitrogens is 1. The van der Waals surface area contributed by atoms with Gasteiger partial charge < -0.3 is 10.2 Å². The quantitative estimate of drug-likeness (QED) is 0.903. The number of carbonyl (C=O) groups excluding carboxylic acids is 1. The van der Waals surface area contributed by atoms with Gasteiger partial charge in [0, 0.05) is 24.8 Å². The molecule has 1 amide bonds. The average Bonchev–Trinajstić information content (AvgIpc) is 2.62. The Labute approximate surface area is 156 Å². The maximum absolute atomic E-state index is 12.4.